The van der Waals surface area contributed by atoms with Gasteiger partial charge in [0.05, 0.1) is 0 Å². The van der Waals surface area contributed by atoms with E-state index in [-0.39, 0.29) is 0 Å². The van der Waals surface area contributed by atoms with Crippen LogP contribution in [-0.2, 0) is 0 Å². The molecule has 98 valence electrons. The Balaban J connectivity index is 0.000000253. The van der Waals surface area contributed by atoms with Gasteiger partial charge in [0, 0.05) is 4.90 Å². The molecular weight excluding hydrogens is 326 g/mol. The maximum absolute atomic E-state index is 4.87. The first-order valence-electron chi connectivity index (χ1n) is 5.05. The minimum Gasteiger partial charge on any atom is -0.143 e. The number of hydrogen-bond acceptors (Lipinski definition) is 1. The Bertz CT molecular complexity index is 355. The van der Waals surface area contributed by atoms with Crippen LogP contribution in [0.1, 0.15) is 5.56 Å². The molecule has 0 atom stereocenters. The van der Waals surface area contributed by atoms with Gasteiger partial charge < -0.3 is 0 Å². The van der Waals surface area contributed by atoms with E-state index in [1.54, 1.807) is 0 Å². The van der Waals surface area contributed by atoms with E-state index in [4.69, 9.17) is 33.7 Å². The van der Waals surface area contributed by atoms with E-state index in [0.29, 0.717) is 0 Å². The Hall–Kier alpha value is 0.0900. The van der Waals surface area contributed by atoms with Crippen LogP contribution in [0, 0.1) is 6.92 Å². The van der Waals surface area contributed by atoms with Gasteiger partial charge in [-0.1, -0.05) is 87.8 Å². The summed E-state index contributed by atoms with van der Waals surface area (Å²) in [7, 11) is 0. The lowest BCUT2D eigenvalue weighted by molar-refractivity contribution is 1.48. The molecule has 18 heavy (non-hydrogen) atoms. The largest absolute Gasteiger partial charge is 0.179 e. The van der Waals surface area contributed by atoms with Crippen LogP contribution in [0.5, 0.6) is 0 Å². The molecule has 0 bridgehead atoms. The van der Waals surface area contributed by atoms with Gasteiger partial charge in [-0.25, -0.2) is 0 Å². The number of benzene rings is 2. The average Bonchev–Trinajstić information content (AvgIpc) is 2.31. The Morgan fingerprint density at radius 3 is 1.28 bits per heavy atom. The van der Waals surface area contributed by atoms with Crippen LogP contribution in [-0.4, -0.2) is 0 Å². The van der Waals surface area contributed by atoms with Crippen molar-refractivity contribution in [2.24, 2.45) is 0 Å². The summed E-state index contributed by atoms with van der Waals surface area (Å²) >= 11 is 18.7. The second-order valence-corrected chi connectivity index (χ2v) is 8.68. The van der Waals surface area contributed by atoms with Gasteiger partial charge in [0.1, 0.15) is 0 Å². The minimum atomic E-state index is -1.20. The van der Waals surface area contributed by atoms with E-state index >= 15 is 0 Å². The predicted molar refractivity (Wildman–Crippen MR) is 89.4 cm³/mol. The second kappa shape index (κ2) is 12.1. The molecule has 0 N–H and O–H groups in total. The summed E-state index contributed by atoms with van der Waals surface area (Å²) in [6, 6.07) is 20.0. The third-order valence-corrected chi connectivity index (χ3v) is 1.99. The van der Waals surface area contributed by atoms with Gasteiger partial charge in [0.25, 0.3) is 0 Å². The molecule has 0 aliphatic carbocycles. The number of rotatable bonds is 0. The standard InChI is InChI=1S/C7H8.C6H6S.Cl3P/c1-7-5-3-2-4-6-7;7-6-4-2-1-3-5-6;1-4(2)3/h2-6H,1H3;1-5,7H;. The predicted octanol–water partition coefficient (Wildman–Crippen LogP) is 6.90. The molecule has 0 aliphatic rings. The fourth-order valence-corrected chi connectivity index (χ4v) is 1.13. The van der Waals surface area contributed by atoms with Crippen LogP contribution >= 0.6 is 52.3 Å². The quantitative estimate of drug-likeness (QED) is 0.391. The molecule has 0 amide bonds. The van der Waals surface area contributed by atoms with E-state index in [9.17, 15) is 0 Å². The summed E-state index contributed by atoms with van der Waals surface area (Å²) in [5, 5.41) is 0. The van der Waals surface area contributed by atoms with Gasteiger partial charge in [-0.15, -0.1) is 12.6 Å². The van der Waals surface area contributed by atoms with Gasteiger partial charge in [-0.05, 0) is 19.1 Å². The lowest BCUT2D eigenvalue weighted by Gasteiger charge is -1.82. The van der Waals surface area contributed by atoms with E-state index in [2.05, 4.69) is 31.7 Å². The van der Waals surface area contributed by atoms with Crippen LogP contribution in [0.3, 0.4) is 0 Å². The Morgan fingerprint density at radius 1 is 0.778 bits per heavy atom. The topological polar surface area (TPSA) is 0 Å². The monoisotopic (exact) mass is 338 g/mol. The first-order valence-corrected chi connectivity index (χ1v) is 9.56. The van der Waals surface area contributed by atoms with Crippen molar-refractivity contribution < 1.29 is 0 Å². The molecule has 0 fully saturated rings. The molecular formula is C13H14Cl3PS. The highest BCUT2D eigenvalue weighted by Gasteiger charge is 1.80. The van der Waals surface area contributed by atoms with E-state index in [1.807, 2.05) is 48.5 Å². The van der Waals surface area contributed by atoms with Crippen molar-refractivity contribution in [2.75, 3.05) is 0 Å². The smallest absolute Gasteiger partial charge is 0.143 e. The molecule has 5 heteroatoms. The fraction of sp³-hybridized carbons (Fsp3) is 0.0769. The zero-order valence-corrected chi connectivity index (χ0v) is 13.9. The SMILES string of the molecule is Cc1ccccc1.ClP(Cl)Cl.Sc1ccccc1. The summed E-state index contributed by atoms with van der Waals surface area (Å²) < 4.78 is 0. The number of halogens is 3. The van der Waals surface area contributed by atoms with Gasteiger partial charge in [0.2, 0.25) is 0 Å². The Labute approximate surface area is 130 Å². The number of thiol groups is 1. The highest BCUT2D eigenvalue weighted by Crippen LogP contribution is 2.51. The average molecular weight is 340 g/mol. The fourth-order valence-electron chi connectivity index (χ4n) is 0.962. The van der Waals surface area contributed by atoms with Crippen molar-refractivity contribution in [3.63, 3.8) is 0 Å². The highest BCUT2D eigenvalue weighted by molar-refractivity contribution is 8.20. The summed E-state index contributed by atoms with van der Waals surface area (Å²) in [6.45, 7) is 2.08. The second-order valence-electron chi connectivity index (χ2n) is 3.18. The van der Waals surface area contributed by atoms with Crippen LogP contribution < -0.4 is 0 Å². The first kappa shape index (κ1) is 18.1. The third kappa shape index (κ3) is 14.2. The minimum absolute atomic E-state index is 1.02. The van der Waals surface area contributed by atoms with Gasteiger partial charge >= 0.3 is 0 Å². The Morgan fingerprint density at radius 2 is 1.11 bits per heavy atom. The van der Waals surface area contributed by atoms with Gasteiger partial charge in [0.15, 0.2) is 5.98 Å². The van der Waals surface area contributed by atoms with Crippen molar-refractivity contribution in [1.29, 1.82) is 0 Å². The molecule has 0 saturated carbocycles. The van der Waals surface area contributed by atoms with E-state index in [1.165, 1.54) is 5.56 Å². The maximum Gasteiger partial charge on any atom is 0.179 e. The molecule has 0 radical (unpaired) electrons. The first-order chi connectivity index (χ1) is 8.52. The maximum atomic E-state index is 4.87. The molecule has 0 nitrogen and oxygen atoms in total. The molecule has 0 aliphatic heterocycles. The molecule has 0 heterocycles. The molecule has 0 unspecified atom stereocenters. The molecule has 0 aromatic heterocycles. The van der Waals surface area contributed by atoms with Crippen LogP contribution in [0.2, 0.25) is 0 Å². The normalized spacial score (nSPS) is 8.78. The van der Waals surface area contributed by atoms with Crippen molar-refractivity contribution in [3.05, 3.63) is 66.2 Å². The van der Waals surface area contributed by atoms with Gasteiger partial charge in [-0.3, -0.25) is 0 Å². The van der Waals surface area contributed by atoms with E-state index in [0.717, 1.165) is 4.90 Å². The molecule has 0 spiro atoms. The van der Waals surface area contributed by atoms with Crippen LogP contribution in [0.4, 0.5) is 0 Å². The summed E-state index contributed by atoms with van der Waals surface area (Å²) in [5.74, 6) is -1.20. The Kier molecular flexibility index (Phi) is 12.2. The summed E-state index contributed by atoms with van der Waals surface area (Å²) in [5.41, 5.74) is 1.32. The molecule has 2 rings (SSSR count). The van der Waals surface area contributed by atoms with Crippen molar-refractivity contribution >= 4 is 52.3 Å². The summed E-state index contributed by atoms with van der Waals surface area (Å²) in [6.07, 6.45) is 0. The van der Waals surface area contributed by atoms with Crippen LogP contribution in [0.15, 0.2) is 65.6 Å². The summed E-state index contributed by atoms with van der Waals surface area (Å²) in [4.78, 5) is 1.02. The van der Waals surface area contributed by atoms with Crippen LogP contribution in [0.25, 0.3) is 0 Å². The number of aryl methyl sites for hydroxylation is 1. The molecule has 0 saturated heterocycles. The van der Waals surface area contributed by atoms with Crippen molar-refractivity contribution in [1.82, 2.24) is 0 Å². The molecule has 2 aromatic carbocycles. The lowest BCUT2D eigenvalue weighted by Crippen LogP contribution is -1.62. The van der Waals surface area contributed by atoms with Crippen molar-refractivity contribution in [3.8, 4) is 0 Å². The number of hydrogen-bond donors (Lipinski definition) is 1. The zero-order chi connectivity index (χ0) is 13.8. The van der Waals surface area contributed by atoms with Crippen molar-refractivity contribution in [2.45, 2.75) is 11.8 Å². The van der Waals surface area contributed by atoms with E-state index < -0.39 is 5.98 Å². The lowest BCUT2D eigenvalue weighted by atomic mass is 10.2. The third-order valence-electron chi connectivity index (χ3n) is 1.70. The zero-order valence-electron chi connectivity index (χ0n) is 9.80. The molecule has 2 aromatic rings. The van der Waals surface area contributed by atoms with Gasteiger partial charge in [-0.2, -0.15) is 0 Å². The highest BCUT2D eigenvalue weighted by atomic mass is 36.0.